The van der Waals surface area contributed by atoms with Gasteiger partial charge in [0.15, 0.2) is 5.15 Å². The van der Waals surface area contributed by atoms with E-state index in [9.17, 15) is 0 Å². The highest BCUT2D eigenvalue weighted by molar-refractivity contribution is 6.33. The summed E-state index contributed by atoms with van der Waals surface area (Å²) in [7, 11) is 1.74. The zero-order valence-corrected chi connectivity index (χ0v) is 6.45. The van der Waals surface area contributed by atoms with E-state index in [-0.39, 0.29) is 0 Å². The molecule has 0 saturated carbocycles. The number of rotatable bonds is 0. The predicted molar refractivity (Wildman–Crippen MR) is 39.1 cm³/mol. The molecular formula is C5H4ClN5. The van der Waals surface area contributed by atoms with Crippen LogP contribution < -0.4 is 0 Å². The van der Waals surface area contributed by atoms with Gasteiger partial charge in [0.25, 0.3) is 0 Å². The first kappa shape index (κ1) is 6.48. The largest absolute Gasteiger partial charge is 0.243 e. The summed E-state index contributed by atoms with van der Waals surface area (Å²) in [6.07, 6.45) is 1.36. The maximum absolute atomic E-state index is 5.75. The van der Waals surface area contributed by atoms with Crippen molar-refractivity contribution in [3.05, 3.63) is 11.5 Å². The molecule has 0 amide bonds. The Hall–Kier alpha value is -1.23. The fourth-order valence-corrected chi connectivity index (χ4v) is 1.10. The van der Waals surface area contributed by atoms with Crippen molar-refractivity contribution < 1.29 is 0 Å². The Bertz CT molecular complexity index is 395. The summed E-state index contributed by atoms with van der Waals surface area (Å²) in [5.41, 5.74) is 1.18. The molecule has 0 fully saturated rings. The van der Waals surface area contributed by atoms with Crippen molar-refractivity contribution in [2.75, 3.05) is 0 Å². The average molecular weight is 170 g/mol. The van der Waals surface area contributed by atoms with Gasteiger partial charge in [0, 0.05) is 7.05 Å². The second kappa shape index (κ2) is 2.13. The van der Waals surface area contributed by atoms with Crippen LogP contribution in [0.5, 0.6) is 0 Å². The molecule has 0 radical (unpaired) electrons. The molecule has 0 aliphatic heterocycles. The third kappa shape index (κ3) is 0.848. The lowest BCUT2D eigenvalue weighted by molar-refractivity contribution is 0.735. The van der Waals surface area contributed by atoms with Crippen molar-refractivity contribution in [2.45, 2.75) is 0 Å². The highest BCUT2D eigenvalue weighted by Crippen LogP contribution is 2.14. The molecule has 0 spiro atoms. The maximum Gasteiger partial charge on any atom is 0.206 e. The van der Waals surface area contributed by atoms with Crippen molar-refractivity contribution >= 4 is 22.8 Å². The van der Waals surface area contributed by atoms with Crippen molar-refractivity contribution in [1.82, 2.24) is 25.0 Å². The molecule has 2 aromatic heterocycles. The first-order valence-corrected chi connectivity index (χ1v) is 3.32. The zero-order chi connectivity index (χ0) is 7.84. The Morgan fingerprint density at radius 1 is 1.45 bits per heavy atom. The molecule has 0 bridgehead atoms. The van der Waals surface area contributed by atoms with Crippen molar-refractivity contribution in [3.63, 3.8) is 0 Å². The summed E-state index contributed by atoms with van der Waals surface area (Å²) in [6, 6.07) is 0. The van der Waals surface area contributed by atoms with Gasteiger partial charge in [0.2, 0.25) is 5.65 Å². The van der Waals surface area contributed by atoms with Crippen LogP contribution in [0.2, 0.25) is 5.15 Å². The van der Waals surface area contributed by atoms with Gasteiger partial charge in [0.05, 0.1) is 0 Å². The van der Waals surface area contributed by atoms with Gasteiger partial charge < -0.3 is 0 Å². The number of fused-ring (bicyclic) bond motifs is 1. The van der Waals surface area contributed by atoms with Crippen LogP contribution in [-0.2, 0) is 7.05 Å². The molecule has 0 aliphatic carbocycles. The van der Waals surface area contributed by atoms with Crippen LogP contribution in [0.15, 0.2) is 6.33 Å². The van der Waals surface area contributed by atoms with E-state index in [0.717, 1.165) is 0 Å². The Morgan fingerprint density at radius 2 is 2.27 bits per heavy atom. The average Bonchev–Trinajstić information content (AvgIpc) is 2.34. The number of nitrogens with zero attached hydrogens (tertiary/aromatic N) is 5. The number of hydrogen-bond acceptors (Lipinski definition) is 4. The SMILES string of the molecule is Cn1nnc2ncnc(Cl)c21. The third-order valence-electron chi connectivity index (χ3n) is 1.36. The zero-order valence-electron chi connectivity index (χ0n) is 5.69. The van der Waals surface area contributed by atoms with E-state index in [1.54, 1.807) is 7.05 Å². The minimum absolute atomic E-state index is 0.377. The molecule has 0 saturated heterocycles. The monoisotopic (exact) mass is 169 g/mol. The highest BCUT2D eigenvalue weighted by atomic mass is 35.5. The standard InChI is InChI=1S/C5H4ClN5/c1-11-3-4(6)7-2-8-5(3)9-10-11/h2H,1H3. The van der Waals surface area contributed by atoms with Crippen molar-refractivity contribution in [3.8, 4) is 0 Å². The van der Waals surface area contributed by atoms with E-state index in [1.165, 1.54) is 11.0 Å². The summed E-state index contributed by atoms with van der Waals surface area (Å²) in [4.78, 5) is 7.67. The van der Waals surface area contributed by atoms with Crippen LogP contribution in [0.25, 0.3) is 11.2 Å². The highest BCUT2D eigenvalue weighted by Gasteiger charge is 2.06. The van der Waals surface area contributed by atoms with Gasteiger partial charge in [-0.05, 0) is 0 Å². The Kier molecular flexibility index (Phi) is 1.25. The van der Waals surface area contributed by atoms with Crippen LogP contribution in [-0.4, -0.2) is 25.0 Å². The minimum atomic E-state index is 0.377. The Balaban J connectivity index is 2.96. The summed E-state index contributed by atoms with van der Waals surface area (Å²) < 4.78 is 1.54. The van der Waals surface area contributed by atoms with E-state index in [4.69, 9.17) is 11.6 Å². The van der Waals surface area contributed by atoms with Crippen LogP contribution in [0, 0.1) is 0 Å². The lowest BCUT2D eigenvalue weighted by Gasteiger charge is -1.91. The Morgan fingerprint density at radius 3 is 3.00 bits per heavy atom. The van der Waals surface area contributed by atoms with E-state index in [0.29, 0.717) is 16.3 Å². The second-order valence-electron chi connectivity index (χ2n) is 2.05. The molecule has 2 rings (SSSR count). The van der Waals surface area contributed by atoms with Crippen LogP contribution in [0.4, 0.5) is 0 Å². The van der Waals surface area contributed by atoms with Crippen molar-refractivity contribution in [2.24, 2.45) is 7.05 Å². The molecule has 56 valence electrons. The van der Waals surface area contributed by atoms with E-state index < -0.39 is 0 Å². The molecule has 2 heterocycles. The maximum atomic E-state index is 5.75. The van der Waals surface area contributed by atoms with Gasteiger partial charge in [0.1, 0.15) is 11.8 Å². The fraction of sp³-hybridized carbons (Fsp3) is 0.200. The fourth-order valence-electron chi connectivity index (χ4n) is 0.854. The summed E-state index contributed by atoms with van der Waals surface area (Å²) >= 11 is 5.75. The summed E-state index contributed by atoms with van der Waals surface area (Å²) in [6.45, 7) is 0. The number of aromatic nitrogens is 5. The number of aryl methyl sites for hydroxylation is 1. The van der Waals surface area contributed by atoms with E-state index in [2.05, 4.69) is 20.3 Å². The Labute approximate surface area is 67.0 Å². The van der Waals surface area contributed by atoms with Crippen LogP contribution >= 0.6 is 11.6 Å². The summed E-state index contributed by atoms with van der Waals surface area (Å²) in [5.74, 6) is 0. The van der Waals surface area contributed by atoms with Gasteiger partial charge in [-0.25, -0.2) is 14.6 Å². The molecule has 0 aromatic carbocycles. The second-order valence-corrected chi connectivity index (χ2v) is 2.41. The lowest BCUT2D eigenvalue weighted by Crippen LogP contribution is -1.91. The van der Waals surface area contributed by atoms with E-state index >= 15 is 0 Å². The topological polar surface area (TPSA) is 56.5 Å². The first-order valence-electron chi connectivity index (χ1n) is 2.95. The van der Waals surface area contributed by atoms with Gasteiger partial charge >= 0.3 is 0 Å². The summed E-state index contributed by atoms with van der Waals surface area (Å²) in [5, 5.41) is 7.87. The van der Waals surface area contributed by atoms with Crippen LogP contribution in [0.3, 0.4) is 0 Å². The van der Waals surface area contributed by atoms with Gasteiger partial charge in [-0.1, -0.05) is 16.8 Å². The van der Waals surface area contributed by atoms with Gasteiger partial charge in [-0.15, -0.1) is 5.10 Å². The number of hydrogen-bond donors (Lipinski definition) is 0. The number of halogens is 1. The first-order chi connectivity index (χ1) is 5.29. The molecule has 11 heavy (non-hydrogen) atoms. The van der Waals surface area contributed by atoms with Gasteiger partial charge in [-0.2, -0.15) is 0 Å². The predicted octanol–water partition coefficient (Wildman–Crippen LogP) is 0.412. The third-order valence-corrected chi connectivity index (χ3v) is 1.63. The van der Waals surface area contributed by atoms with Gasteiger partial charge in [-0.3, -0.25) is 0 Å². The molecule has 5 nitrogen and oxygen atoms in total. The normalized spacial score (nSPS) is 10.7. The molecule has 0 atom stereocenters. The van der Waals surface area contributed by atoms with E-state index in [1.807, 2.05) is 0 Å². The lowest BCUT2D eigenvalue weighted by atomic mass is 10.5. The molecule has 0 unspecified atom stereocenters. The smallest absolute Gasteiger partial charge is 0.206 e. The van der Waals surface area contributed by atoms with Crippen LogP contribution in [0.1, 0.15) is 0 Å². The molecular weight excluding hydrogens is 166 g/mol. The molecule has 6 heteroatoms. The molecule has 0 aliphatic rings. The minimum Gasteiger partial charge on any atom is -0.243 e. The van der Waals surface area contributed by atoms with Crippen molar-refractivity contribution in [1.29, 1.82) is 0 Å². The quantitative estimate of drug-likeness (QED) is 0.536. The molecule has 0 N–H and O–H groups in total. The molecule has 2 aromatic rings.